The molecule has 0 aromatic carbocycles. The lowest BCUT2D eigenvalue weighted by atomic mass is 10.0. The first kappa shape index (κ1) is 12.0. The molecule has 0 saturated carbocycles. The van der Waals surface area contributed by atoms with Gasteiger partial charge in [-0.15, -0.1) is 12.4 Å². The largest absolute Gasteiger partial charge is 0.414 e. The molecule has 6 heteroatoms. The fourth-order valence-electron chi connectivity index (χ4n) is 1.21. The molecular weight excluding hydrogens is 195 g/mol. The molecule has 1 aliphatic heterocycles. The summed E-state index contributed by atoms with van der Waals surface area (Å²) in [5.74, 6) is -0.657. The molecule has 0 radical (unpaired) electrons. The van der Waals surface area contributed by atoms with Gasteiger partial charge in [0.25, 0.3) is 0 Å². The van der Waals surface area contributed by atoms with Crippen molar-refractivity contribution in [2.75, 3.05) is 13.1 Å². The molecule has 1 saturated heterocycles. The molecule has 2 N–H and O–H groups in total. The van der Waals surface area contributed by atoms with Gasteiger partial charge in [-0.2, -0.15) is 13.2 Å². The van der Waals surface area contributed by atoms with Crippen molar-refractivity contribution in [3.05, 3.63) is 0 Å². The van der Waals surface area contributed by atoms with Crippen LogP contribution < -0.4 is 5.32 Å². The molecule has 0 spiro atoms. The molecule has 12 heavy (non-hydrogen) atoms. The number of alkyl halides is 3. The zero-order valence-electron chi connectivity index (χ0n) is 6.27. The molecule has 0 aliphatic carbocycles. The second-order valence-electron chi connectivity index (χ2n) is 2.74. The van der Waals surface area contributed by atoms with Gasteiger partial charge in [0.2, 0.25) is 0 Å². The van der Waals surface area contributed by atoms with E-state index >= 15 is 0 Å². The van der Waals surface area contributed by atoms with Gasteiger partial charge < -0.3 is 10.4 Å². The minimum Gasteiger partial charge on any atom is -0.383 e. The van der Waals surface area contributed by atoms with Crippen molar-refractivity contribution < 1.29 is 18.3 Å². The van der Waals surface area contributed by atoms with Crippen LogP contribution in [-0.2, 0) is 0 Å². The first-order valence-corrected chi connectivity index (χ1v) is 3.47. The number of aliphatic hydroxyl groups excluding tert-OH is 1. The Morgan fingerprint density at radius 1 is 1.42 bits per heavy atom. The molecule has 0 aromatic rings. The van der Waals surface area contributed by atoms with E-state index in [0.29, 0.717) is 13.0 Å². The van der Waals surface area contributed by atoms with Crippen molar-refractivity contribution in [2.45, 2.75) is 18.7 Å². The zero-order chi connectivity index (χ0) is 8.48. The molecule has 2 unspecified atom stereocenters. The lowest BCUT2D eigenvalue weighted by Gasteiger charge is -2.19. The predicted molar refractivity (Wildman–Crippen MR) is 40.3 cm³/mol. The summed E-state index contributed by atoms with van der Waals surface area (Å²) in [5, 5.41) is 11.5. The van der Waals surface area contributed by atoms with Crippen molar-refractivity contribution in [1.82, 2.24) is 5.32 Å². The van der Waals surface area contributed by atoms with Crippen LogP contribution in [0.15, 0.2) is 0 Å². The highest BCUT2D eigenvalue weighted by Crippen LogP contribution is 2.28. The van der Waals surface area contributed by atoms with Crippen molar-refractivity contribution in [2.24, 2.45) is 5.92 Å². The van der Waals surface area contributed by atoms with E-state index in [1.165, 1.54) is 0 Å². The van der Waals surface area contributed by atoms with Crippen molar-refractivity contribution in [3.8, 4) is 0 Å². The molecule has 1 rings (SSSR count). The molecular formula is C6H11ClF3NO. The predicted octanol–water partition coefficient (Wildman–Crippen LogP) is 0.941. The summed E-state index contributed by atoms with van der Waals surface area (Å²) in [7, 11) is 0. The fourth-order valence-corrected chi connectivity index (χ4v) is 1.21. The summed E-state index contributed by atoms with van der Waals surface area (Å²) in [5.41, 5.74) is 0. The number of hydrogen-bond donors (Lipinski definition) is 2. The van der Waals surface area contributed by atoms with Gasteiger partial charge in [0.15, 0.2) is 6.10 Å². The van der Waals surface area contributed by atoms with Gasteiger partial charge in [0.1, 0.15) is 0 Å². The van der Waals surface area contributed by atoms with Gasteiger partial charge in [-0.25, -0.2) is 0 Å². The lowest BCUT2D eigenvalue weighted by molar-refractivity contribution is -0.217. The summed E-state index contributed by atoms with van der Waals surface area (Å²) < 4.78 is 35.5. The Morgan fingerprint density at radius 3 is 2.33 bits per heavy atom. The molecule has 1 heterocycles. The minimum atomic E-state index is -4.46. The molecule has 0 aromatic heterocycles. The average Bonchev–Trinajstić information content (AvgIpc) is 2.34. The molecule has 0 bridgehead atoms. The second kappa shape index (κ2) is 4.30. The Kier molecular flexibility index (Phi) is 4.30. The minimum absolute atomic E-state index is 0. The van der Waals surface area contributed by atoms with Crippen LogP contribution >= 0.6 is 12.4 Å². The van der Waals surface area contributed by atoms with E-state index in [4.69, 9.17) is 5.11 Å². The van der Waals surface area contributed by atoms with Gasteiger partial charge in [0, 0.05) is 12.5 Å². The molecule has 1 fully saturated rings. The number of nitrogens with one attached hydrogen (secondary N) is 1. The van der Waals surface area contributed by atoms with Crippen LogP contribution in [0.2, 0.25) is 0 Å². The Hall–Kier alpha value is -0.0000000000000000555. The second-order valence-corrected chi connectivity index (χ2v) is 2.74. The van der Waals surface area contributed by atoms with Gasteiger partial charge >= 0.3 is 6.18 Å². The highest BCUT2D eigenvalue weighted by Gasteiger charge is 2.43. The third-order valence-electron chi connectivity index (χ3n) is 1.88. The van der Waals surface area contributed by atoms with Gasteiger partial charge in [-0.3, -0.25) is 0 Å². The Bertz CT molecular complexity index is 135. The van der Waals surface area contributed by atoms with E-state index in [1.54, 1.807) is 0 Å². The van der Waals surface area contributed by atoms with E-state index in [0.717, 1.165) is 0 Å². The van der Waals surface area contributed by atoms with Crippen molar-refractivity contribution in [3.63, 3.8) is 0 Å². The average molecular weight is 206 g/mol. The van der Waals surface area contributed by atoms with Crippen LogP contribution in [0, 0.1) is 5.92 Å². The first-order chi connectivity index (χ1) is 5.02. The number of aliphatic hydroxyl groups is 1. The summed E-state index contributed by atoms with van der Waals surface area (Å²) in [4.78, 5) is 0. The summed E-state index contributed by atoms with van der Waals surface area (Å²) >= 11 is 0. The highest BCUT2D eigenvalue weighted by molar-refractivity contribution is 5.85. The maximum atomic E-state index is 11.8. The summed E-state index contributed by atoms with van der Waals surface area (Å²) in [6, 6.07) is 0. The smallest absolute Gasteiger partial charge is 0.383 e. The highest BCUT2D eigenvalue weighted by atomic mass is 35.5. The van der Waals surface area contributed by atoms with E-state index < -0.39 is 18.2 Å². The number of hydrogen-bond acceptors (Lipinski definition) is 2. The summed E-state index contributed by atoms with van der Waals surface area (Å²) in [6.07, 6.45) is -6.21. The third kappa shape index (κ3) is 2.80. The van der Waals surface area contributed by atoms with E-state index in [-0.39, 0.29) is 19.0 Å². The molecule has 0 amide bonds. The quantitative estimate of drug-likeness (QED) is 0.668. The van der Waals surface area contributed by atoms with Crippen LogP contribution in [0.5, 0.6) is 0 Å². The van der Waals surface area contributed by atoms with E-state index in [9.17, 15) is 13.2 Å². The van der Waals surface area contributed by atoms with Gasteiger partial charge in [-0.1, -0.05) is 0 Å². The van der Waals surface area contributed by atoms with Gasteiger partial charge in [-0.05, 0) is 13.0 Å². The van der Waals surface area contributed by atoms with Crippen LogP contribution in [0.25, 0.3) is 0 Å². The Labute approximate surface area is 74.6 Å². The maximum absolute atomic E-state index is 11.8. The zero-order valence-corrected chi connectivity index (χ0v) is 7.08. The molecule has 74 valence electrons. The van der Waals surface area contributed by atoms with Crippen LogP contribution in [-0.4, -0.2) is 30.5 Å². The van der Waals surface area contributed by atoms with E-state index in [2.05, 4.69) is 5.32 Å². The molecule has 2 atom stereocenters. The van der Waals surface area contributed by atoms with E-state index in [1.807, 2.05) is 0 Å². The standard InChI is InChI=1S/C6H10F3NO.ClH/c7-6(8,9)5(11)4-1-2-10-3-4;/h4-5,10-11H,1-3H2;1H. The lowest BCUT2D eigenvalue weighted by Crippen LogP contribution is -2.36. The van der Waals surface area contributed by atoms with Crippen LogP contribution in [0.1, 0.15) is 6.42 Å². The topological polar surface area (TPSA) is 32.3 Å². The van der Waals surface area contributed by atoms with Crippen molar-refractivity contribution >= 4 is 12.4 Å². The number of halogens is 4. The number of rotatable bonds is 1. The van der Waals surface area contributed by atoms with Crippen molar-refractivity contribution in [1.29, 1.82) is 0 Å². The SMILES string of the molecule is Cl.OC(C1CCNC1)C(F)(F)F. The normalized spacial score (nSPS) is 26.5. The third-order valence-corrected chi connectivity index (χ3v) is 1.88. The molecule has 2 nitrogen and oxygen atoms in total. The summed E-state index contributed by atoms with van der Waals surface area (Å²) in [6.45, 7) is 0.832. The van der Waals surface area contributed by atoms with Crippen LogP contribution in [0.3, 0.4) is 0 Å². The molecule has 1 aliphatic rings. The monoisotopic (exact) mass is 205 g/mol. The maximum Gasteiger partial charge on any atom is 0.414 e. The van der Waals surface area contributed by atoms with Gasteiger partial charge in [0.05, 0.1) is 0 Å². The Balaban J connectivity index is 0.00000121. The Morgan fingerprint density at radius 2 is 2.00 bits per heavy atom. The van der Waals surface area contributed by atoms with Crippen LogP contribution in [0.4, 0.5) is 13.2 Å². The fraction of sp³-hybridized carbons (Fsp3) is 1.00. The first-order valence-electron chi connectivity index (χ1n) is 3.47.